The summed E-state index contributed by atoms with van der Waals surface area (Å²) in [6.07, 6.45) is 3.36. The lowest BCUT2D eigenvalue weighted by atomic mass is 9.77. The number of nitrogens with one attached hydrogen (secondary N) is 1. The summed E-state index contributed by atoms with van der Waals surface area (Å²) in [4.78, 5) is 27.8. The monoisotopic (exact) mass is 381 g/mol. The van der Waals surface area contributed by atoms with Crippen LogP contribution in [0.3, 0.4) is 0 Å². The van der Waals surface area contributed by atoms with E-state index < -0.39 is 23.5 Å². The molecule has 0 unspecified atom stereocenters. The molecular weight excluding hydrogens is 362 g/mol. The zero-order valence-electron chi connectivity index (χ0n) is 15.4. The van der Waals surface area contributed by atoms with Gasteiger partial charge in [0, 0.05) is 17.8 Å². The second-order valence-corrected chi connectivity index (χ2v) is 7.34. The molecule has 1 aromatic heterocycles. The van der Waals surface area contributed by atoms with Crippen LogP contribution in [0, 0.1) is 18.8 Å². The summed E-state index contributed by atoms with van der Waals surface area (Å²) >= 11 is 0. The number of carbonyl (C=O) groups excluding carboxylic acids is 2. The Balaban J connectivity index is 1.42. The SMILES string of the molecule is COc1cccc(NC(=O)[C@@H]2[C@H]3C(=O)N(c4cc(C)on4)C[C@@]34C=C[C@H]2O4)c1. The van der Waals surface area contributed by atoms with Crippen LogP contribution in [0.15, 0.2) is 47.0 Å². The van der Waals surface area contributed by atoms with E-state index in [0.717, 1.165) is 0 Å². The number of hydrogen-bond donors (Lipinski definition) is 1. The highest BCUT2D eigenvalue weighted by Crippen LogP contribution is 2.52. The minimum atomic E-state index is -0.801. The highest BCUT2D eigenvalue weighted by Gasteiger charge is 2.67. The molecule has 2 saturated heterocycles. The predicted molar refractivity (Wildman–Crippen MR) is 98.9 cm³/mol. The number of hydrogen-bond acceptors (Lipinski definition) is 6. The molecule has 1 spiro atoms. The number of amides is 2. The average molecular weight is 381 g/mol. The zero-order chi connectivity index (χ0) is 19.5. The molecule has 2 aromatic rings. The number of rotatable bonds is 4. The molecule has 144 valence electrons. The average Bonchev–Trinajstić information content (AvgIpc) is 3.43. The van der Waals surface area contributed by atoms with E-state index in [2.05, 4.69) is 10.5 Å². The van der Waals surface area contributed by atoms with Gasteiger partial charge in [0.2, 0.25) is 11.8 Å². The van der Waals surface area contributed by atoms with Crippen molar-refractivity contribution in [2.75, 3.05) is 23.9 Å². The first-order chi connectivity index (χ1) is 13.5. The van der Waals surface area contributed by atoms with Crippen LogP contribution >= 0.6 is 0 Å². The number of methoxy groups -OCH3 is 1. The van der Waals surface area contributed by atoms with Gasteiger partial charge in [0.15, 0.2) is 5.82 Å². The van der Waals surface area contributed by atoms with E-state index in [1.807, 2.05) is 12.2 Å². The van der Waals surface area contributed by atoms with Crippen molar-refractivity contribution in [3.63, 3.8) is 0 Å². The van der Waals surface area contributed by atoms with Crippen molar-refractivity contribution < 1.29 is 23.6 Å². The van der Waals surface area contributed by atoms with Crippen LogP contribution in [0.5, 0.6) is 5.75 Å². The lowest BCUT2D eigenvalue weighted by molar-refractivity contribution is -0.128. The fourth-order valence-corrected chi connectivity index (χ4v) is 4.40. The van der Waals surface area contributed by atoms with E-state index in [0.29, 0.717) is 29.6 Å². The number of nitrogens with zero attached hydrogens (tertiary/aromatic N) is 2. The van der Waals surface area contributed by atoms with Crippen LogP contribution in [-0.4, -0.2) is 42.3 Å². The van der Waals surface area contributed by atoms with Crippen molar-refractivity contribution >= 4 is 23.3 Å². The smallest absolute Gasteiger partial charge is 0.235 e. The third-order valence-electron chi connectivity index (χ3n) is 5.63. The quantitative estimate of drug-likeness (QED) is 0.814. The molecule has 8 nitrogen and oxygen atoms in total. The van der Waals surface area contributed by atoms with Crippen LogP contribution in [-0.2, 0) is 14.3 Å². The second kappa shape index (κ2) is 5.93. The molecule has 8 heteroatoms. The summed E-state index contributed by atoms with van der Waals surface area (Å²) in [6, 6.07) is 8.81. The molecule has 0 radical (unpaired) electrons. The Labute approximate surface area is 161 Å². The van der Waals surface area contributed by atoms with E-state index >= 15 is 0 Å². The van der Waals surface area contributed by atoms with E-state index in [-0.39, 0.29) is 11.8 Å². The summed E-state index contributed by atoms with van der Waals surface area (Å²) in [7, 11) is 1.57. The number of benzene rings is 1. The first kappa shape index (κ1) is 17.0. The van der Waals surface area contributed by atoms with Gasteiger partial charge in [-0.3, -0.25) is 14.5 Å². The molecule has 4 atom stereocenters. The van der Waals surface area contributed by atoms with Crippen LogP contribution < -0.4 is 15.0 Å². The van der Waals surface area contributed by atoms with Crippen LogP contribution in [0.4, 0.5) is 11.5 Å². The number of aromatic nitrogens is 1. The standard InChI is InChI=1S/C20H19N3O5/c1-11-8-15(22-28-11)23-10-20-7-6-14(27-20)16(17(20)19(23)25)18(24)21-12-4-3-5-13(9-12)26-2/h3-9,14,16-17H,10H2,1-2H3,(H,21,24)/t14-,16+,17+,20+/m1/s1. The highest BCUT2D eigenvalue weighted by molar-refractivity contribution is 6.05. The molecular formula is C20H19N3O5. The Morgan fingerprint density at radius 2 is 2.25 bits per heavy atom. The van der Waals surface area contributed by atoms with Crippen molar-refractivity contribution in [1.82, 2.24) is 5.16 Å². The Kier molecular flexibility index (Phi) is 3.60. The van der Waals surface area contributed by atoms with Crippen molar-refractivity contribution in [3.05, 3.63) is 48.2 Å². The normalized spacial score (nSPS) is 30.0. The molecule has 0 saturated carbocycles. The molecule has 5 rings (SSSR count). The van der Waals surface area contributed by atoms with Gasteiger partial charge in [-0.25, -0.2) is 0 Å². The Hall–Kier alpha value is -3.13. The van der Waals surface area contributed by atoms with Gasteiger partial charge in [-0.05, 0) is 19.1 Å². The maximum atomic E-state index is 13.2. The van der Waals surface area contributed by atoms with Gasteiger partial charge in [0.1, 0.15) is 17.1 Å². The largest absolute Gasteiger partial charge is 0.497 e. The van der Waals surface area contributed by atoms with Crippen molar-refractivity contribution in [1.29, 1.82) is 0 Å². The van der Waals surface area contributed by atoms with Gasteiger partial charge >= 0.3 is 0 Å². The predicted octanol–water partition coefficient (Wildman–Crippen LogP) is 1.92. The molecule has 28 heavy (non-hydrogen) atoms. The number of carbonyl (C=O) groups is 2. The van der Waals surface area contributed by atoms with Gasteiger partial charge in [-0.2, -0.15) is 0 Å². The topological polar surface area (TPSA) is 93.9 Å². The van der Waals surface area contributed by atoms with Gasteiger partial charge in [-0.1, -0.05) is 23.4 Å². The van der Waals surface area contributed by atoms with Gasteiger partial charge in [0.05, 0.1) is 31.6 Å². The summed E-state index contributed by atoms with van der Waals surface area (Å²) in [5, 5.41) is 6.84. The molecule has 1 aromatic carbocycles. The van der Waals surface area contributed by atoms with Crippen LogP contribution in [0.2, 0.25) is 0 Å². The van der Waals surface area contributed by atoms with Crippen LogP contribution in [0.1, 0.15) is 5.76 Å². The molecule has 2 amide bonds. The molecule has 4 heterocycles. The number of ether oxygens (including phenoxy) is 2. The fraction of sp³-hybridized carbons (Fsp3) is 0.350. The summed E-state index contributed by atoms with van der Waals surface area (Å²) in [6.45, 7) is 2.08. The van der Waals surface area contributed by atoms with E-state index in [1.54, 1.807) is 49.3 Å². The molecule has 1 N–H and O–H groups in total. The summed E-state index contributed by atoms with van der Waals surface area (Å²) in [5.41, 5.74) is -0.190. The Bertz CT molecular complexity index is 999. The molecule has 0 aliphatic carbocycles. The van der Waals surface area contributed by atoms with Crippen molar-refractivity contribution in [3.8, 4) is 5.75 Å². The number of aryl methyl sites for hydroxylation is 1. The third kappa shape index (κ3) is 2.37. The van der Waals surface area contributed by atoms with Gasteiger partial charge in [0.25, 0.3) is 0 Å². The molecule has 3 aliphatic rings. The lowest BCUT2D eigenvalue weighted by Crippen LogP contribution is -2.41. The fourth-order valence-electron chi connectivity index (χ4n) is 4.40. The van der Waals surface area contributed by atoms with E-state index in [9.17, 15) is 9.59 Å². The lowest BCUT2D eigenvalue weighted by Gasteiger charge is -2.23. The minimum Gasteiger partial charge on any atom is -0.497 e. The third-order valence-corrected chi connectivity index (χ3v) is 5.63. The number of anilines is 2. The zero-order valence-corrected chi connectivity index (χ0v) is 15.4. The van der Waals surface area contributed by atoms with Crippen LogP contribution in [0.25, 0.3) is 0 Å². The van der Waals surface area contributed by atoms with E-state index in [4.69, 9.17) is 14.0 Å². The summed E-state index contributed by atoms with van der Waals surface area (Å²) < 4.78 is 16.4. The number of fused-ring (bicyclic) bond motifs is 1. The molecule has 2 bridgehead atoms. The first-order valence-corrected chi connectivity index (χ1v) is 9.07. The highest BCUT2D eigenvalue weighted by atomic mass is 16.5. The molecule has 2 fully saturated rings. The first-order valence-electron chi connectivity index (χ1n) is 9.07. The summed E-state index contributed by atoms with van der Waals surface area (Å²) in [5.74, 6) is 0.0748. The van der Waals surface area contributed by atoms with E-state index in [1.165, 1.54) is 0 Å². The Morgan fingerprint density at radius 3 is 3.00 bits per heavy atom. The second-order valence-electron chi connectivity index (χ2n) is 7.34. The minimum absolute atomic E-state index is 0.175. The van der Waals surface area contributed by atoms with Gasteiger partial charge in [-0.15, -0.1) is 0 Å². The maximum absolute atomic E-state index is 13.2. The van der Waals surface area contributed by atoms with Crippen molar-refractivity contribution in [2.45, 2.75) is 18.6 Å². The maximum Gasteiger partial charge on any atom is 0.235 e. The van der Waals surface area contributed by atoms with Crippen molar-refractivity contribution in [2.24, 2.45) is 11.8 Å². The Morgan fingerprint density at radius 1 is 1.39 bits per heavy atom. The molecule has 3 aliphatic heterocycles. The van der Waals surface area contributed by atoms with Gasteiger partial charge < -0.3 is 19.3 Å².